The third-order valence-electron chi connectivity index (χ3n) is 4.17. The molecular formula is C17H20N4O2S. The maximum absolute atomic E-state index is 12.6. The van der Waals surface area contributed by atoms with Gasteiger partial charge in [0.05, 0.1) is 10.8 Å². The lowest BCUT2D eigenvalue weighted by molar-refractivity contribution is -0.129. The highest BCUT2D eigenvalue weighted by atomic mass is 32.2. The number of piperidine rings is 1. The molecule has 126 valence electrons. The molecule has 3 heterocycles. The number of thioether (sulfide) groups is 1. The standard InChI is InChI=1S/C17H20N4O2S/c1-20-10-8-19-17(20)16(23)13-5-4-9-21(11-13)15(22)12-24-14-6-2-3-7-18-14/h2-3,6-8,10,13H,4-5,9,11-12H2,1H3/t13-/m1/s1. The van der Waals surface area contributed by atoms with E-state index in [1.54, 1.807) is 28.1 Å². The van der Waals surface area contributed by atoms with Gasteiger partial charge < -0.3 is 9.47 Å². The average molecular weight is 344 g/mol. The van der Waals surface area contributed by atoms with Crippen molar-refractivity contribution in [2.24, 2.45) is 13.0 Å². The molecule has 1 aliphatic rings. The first-order chi connectivity index (χ1) is 11.6. The maximum atomic E-state index is 12.6. The van der Waals surface area contributed by atoms with Crippen LogP contribution < -0.4 is 0 Å². The van der Waals surface area contributed by atoms with Gasteiger partial charge in [-0.25, -0.2) is 9.97 Å². The topological polar surface area (TPSA) is 68.1 Å². The van der Waals surface area contributed by atoms with Crippen LogP contribution in [0.5, 0.6) is 0 Å². The van der Waals surface area contributed by atoms with Crippen molar-refractivity contribution in [3.8, 4) is 0 Å². The molecule has 7 heteroatoms. The Morgan fingerprint density at radius 1 is 1.29 bits per heavy atom. The molecule has 2 aromatic rings. The zero-order chi connectivity index (χ0) is 16.9. The molecule has 0 aliphatic carbocycles. The molecule has 3 rings (SSSR count). The van der Waals surface area contributed by atoms with Gasteiger partial charge in [0.25, 0.3) is 0 Å². The summed E-state index contributed by atoms with van der Waals surface area (Å²) in [5.74, 6) is 0.738. The predicted octanol–water partition coefficient (Wildman–Crippen LogP) is 2.03. The summed E-state index contributed by atoms with van der Waals surface area (Å²) in [5, 5.41) is 0.837. The van der Waals surface area contributed by atoms with Crippen molar-refractivity contribution in [2.75, 3.05) is 18.8 Å². The number of amides is 1. The second-order valence-corrected chi connectivity index (χ2v) is 6.86. The first-order valence-corrected chi connectivity index (χ1v) is 8.97. The van der Waals surface area contributed by atoms with Gasteiger partial charge in [0.2, 0.25) is 11.7 Å². The van der Waals surface area contributed by atoms with Crippen LogP contribution in [0.3, 0.4) is 0 Å². The number of imidazole rings is 1. The van der Waals surface area contributed by atoms with E-state index >= 15 is 0 Å². The van der Waals surface area contributed by atoms with E-state index in [9.17, 15) is 9.59 Å². The summed E-state index contributed by atoms with van der Waals surface area (Å²) in [6, 6.07) is 5.65. The predicted molar refractivity (Wildman–Crippen MR) is 91.8 cm³/mol. The van der Waals surface area contributed by atoms with Crippen molar-refractivity contribution in [1.82, 2.24) is 19.4 Å². The Hall–Kier alpha value is -2.15. The smallest absolute Gasteiger partial charge is 0.233 e. The SMILES string of the molecule is Cn1ccnc1C(=O)[C@@H]1CCCN(C(=O)CSc2ccccn2)C1. The van der Waals surface area contributed by atoms with E-state index in [1.165, 1.54) is 11.8 Å². The molecule has 24 heavy (non-hydrogen) atoms. The Labute approximate surface area is 145 Å². The number of hydrogen-bond acceptors (Lipinski definition) is 5. The molecule has 1 aliphatic heterocycles. The molecule has 0 unspecified atom stereocenters. The van der Waals surface area contributed by atoms with Crippen LogP contribution in [0.25, 0.3) is 0 Å². The van der Waals surface area contributed by atoms with E-state index < -0.39 is 0 Å². The fourth-order valence-corrected chi connectivity index (χ4v) is 3.63. The molecule has 0 bridgehead atoms. The lowest BCUT2D eigenvalue weighted by Gasteiger charge is -2.31. The largest absolute Gasteiger partial charge is 0.341 e. The number of aryl methyl sites for hydroxylation is 1. The number of pyridine rings is 1. The van der Waals surface area contributed by atoms with Gasteiger partial charge in [-0.15, -0.1) is 0 Å². The quantitative estimate of drug-likeness (QED) is 0.613. The minimum atomic E-state index is -0.163. The molecule has 6 nitrogen and oxygen atoms in total. The zero-order valence-electron chi connectivity index (χ0n) is 13.6. The summed E-state index contributed by atoms with van der Waals surface area (Å²) >= 11 is 1.43. The van der Waals surface area contributed by atoms with Crippen LogP contribution in [0, 0.1) is 5.92 Å². The van der Waals surface area contributed by atoms with E-state index in [-0.39, 0.29) is 17.6 Å². The number of ketones is 1. The zero-order valence-corrected chi connectivity index (χ0v) is 14.4. The number of likely N-dealkylation sites (tertiary alicyclic amines) is 1. The first kappa shape index (κ1) is 16.7. The van der Waals surface area contributed by atoms with Crippen molar-refractivity contribution >= 4 is 23.5 Å². The molecular weight excluding hydrogens is 324 g/mol. The number of carbonyl (C=O) groups excluding carboxylic acids is 2. The molecule has 0 radical (unpaired) electrons. The van der Waals surface area contributed by atoms with Crippen molar-refractivity contribution in [1.29, 1.82) is 0 Å². The molecule has 1 saturated heterocycles. The van der Waals surface area contributed by atoms with Gasteiger partial charge in [0, 0.05) is 44.6 Å². The summed E-state index contributed by atoms with van der Waals surface area (Å²) in [6.45, 7) is 1.19. The highest BCUT2D eigenvalue weighted by Crippen LogP contribution is 2.22. The van der Waals surface area contributed by atoms with Crippen LogP contribution in [0.4, 0.5) is 0 Å². The maximum Gasteiger partial charge on any atom is 0.233 e. The number of aromatic nitrogens is 3. The third kappa shape index (κ3) is 3.84. The monoisotopic (exact) mass is 344 g/mol. The first-order valence-electron chi connectivity index (χ1n) is 7.98. The van der Waals surface area contributed by atoms with Crippen LogP contribution >= 0.6 is 11.8 Å². The van der Waals surface area contributed by atoms with E-state index in [2.05, 4.69) is 9.97 Å². The van der Waals surface area contributed by atoms with Gasteiger partial charge in [-0.2, -0.15) is 0 Å². The fraction of sp³-hybridized carbons (Fsp3) is 0.412. The lowest BCUT2D eigenvalue weighted by atomic mass is 9.93. The van der Waals surface area contributed by atoms with Crippen LogP contribution in [0.1, 0.15) is 23.5 Å². The van der Waals surface area contributed by atoms with Gasteiger partial charge >= 0.3 is 0 Å². The van der Waals surface area contributed by atoms with Crippen molar-refractivity contribution in [3.05, 3.63) is 42.6 Å². The number of nitrogens with zero attached hydrogens (tertiary/aromatic N) is 4. The Kier molecular flexibility index (Phi) is 5.30. The summed E-state index contributed by atoms with van der Waals surface area (Å²) in [7, 11) is 1.81. The van der Waals surface area contributed by atoms with Crippen LogP contribution in [-0.2, 0) is 11.8 Å². The number of carbonyl (C=O) groups is 2. The molecule has 1 atom stereocenters. The Morgan fingerprint density at radius 3 is 2.88 bits per heavy atom. The molecule has 0 spiro atoms. The summed E-state index contributed by atoms with van der Waals surface area (Å²) in [6.07, 6.45) is 6.77. The minimum Gasteiger partial charge on any atom is -0.341 e. The van der Waals surface area contributed by atoms with Gasteiger partial charge in [-0.3, -0.25) is 9.59 Å². The highest BCUT2D eigenvalue weighted by Gasteiger charge is 2.30. The van der Waals surface area contributed by atoms with Gasteiger partial charge in [0.15, 0.2) is 5.82 Å². The third-order valence-corrected chi connectivity index (χ3v) is 5.10. The van der Waals surface area contributed by atoms with Crippen LogP contribution in [0.15, 0.2) is 41.8 Å². The summed E-state index contributed by atoms with van der Waals surface area (Å²) in [5.41, 5.74) is 0. The lowest BCUT2D eigenvalue weighted by Crippen LogP contribution is -2.43. The molecule has 0 saturated carbocycles. The van der Waals surface area contributed by atoms with Gasteiger partial charge in [0.1, 0.15) is 0 Å². The normalized spacial score (nSPS) is 17.7. The fourth-order valence-electron chi connectivity index (χ4n) is 2.86. The Bertz CT molecular complexity index is 716. The van der Waals surface area contributed by atoms with Gasteiger partial charge in [-0.1, -0.05) is 17.8 Å². The average Bonchev–Trinajstić information content (AvgIpc) is 3.06. The van der Waals surface area contributed by atoms with Crippen LogP contribution in [-0.4, -0.2) is 50.0 Å². The molecule has 0 aromatic carbocycles. The highest BCUT2D eigenvalue weighted by molar-refractivity contribution is 7.99. The number of Topliss-reactive ketones (excluding diaryl/α,β-unsaturated/α-hetero) is 1. The van der Waals surface area contributed by atoms with E-state index in [0.717, 1.165) is 17.9 Å². The van der Waals surface area contributed by atoms with Crippen LogP contribution in [0.2, 0.25) is 0 Å². The van der Waals surface area contributed by atoms with Crippen molar-refractivity contribution < 1.29 is 9.59 Å². The minimum absolute atomic E-state index is 0.0254. The molecule has 2 aromatic heterocycles. The molecule has 1 fully saturated rings. The van der Waals surface area contributed by atoms with E-state index in [4.69, 9.17) is 0 Å². The number of rotatable bonds is 5. The Morgan fingerprint density at radius 2 is 2.17 bits per heavy atom. The van der Waals surface area contributed by atoms with E-state index in [1.807, 2.05) is 25.2 Å². The number of hydrogen-bond donors (Lipinski definition) is 0. The molecule has 1 amide bonds. The second kappa shape index (κ2) is 7.61. The molecule has 0 N–H and O–H groups in total. The van der Waals surface area contributed by atoms with Crippen molar-refractivity contribution in [2.45, 2.75) is 17.9 Å². The Balaban J connectivity index is 1.58. The summed E-state index contributed by atoms with van der Waals surface area (Å²) in [4.78, 5) is 35.2. The van der Waals surface area contributed by atoms with Crippen molar-refractivity contribution in [3.63, 3.8) is 0 Å². The summed E-state index contributed by atoms with van der Waals surface area (Å²) < 4.78 is 1.74. The van der Waals surface area contributed by atoms with Gasteiger partial charge in [-0.05, 0) is 25.0 Å². The van der Waals surface area contributed by atoms with E-state index in [0.29, 0.717) is 24.7 Å². The second-order valence-electron chi connectivity index (χ2n) is 5.86.